The molecule has 1 aromatic heterocycles. The van der Waals surface area contributed by atoms with Gasteiger partial charge in [0.2, 0.25) is 0 Å². The molecule has 3 N–H and O–H groups in total. The van der Waals surface area contributed by atoms with Crippen LogP contribution in [0.2, 0.25) is 0 Å². The molecule has 0 unspecified atom stereocenters. The summed E-state index contributed by atoms with van der Waals surface area (Å²) < 4.78 is 31.0. The van der Waals surface area contributed by atoms with E-state index in [4.69, 9.17) is 5.73 Å². The van der Waals surface area contributed by atoms with Crippen LogP contribution in [0.3, 0.4) is 0 Å². The molecule has 0 atom stereocenters. The normalized spacial score (nSPS) is 16.9. The smallest absolute Gasteiger partial charge is 0.358 e. The lowest BCUT2D eigenvalue weighted by Crippen LogP contribution is -2.54. The number of aromatic nitrogens is 1. The highest BCUT2D eigenvalue weighted by Gasteiger charge is 2.35. The summed E-state index contributed by atoms with van der Waals surface area (Å²) in [5.41, 5.74) is 6.59. The minimum Gasteiger partial charge on any atom is -0.464 e. The molecule has 1 aromatic rings. The average Bonchev–Trinajstić information content (AvgIpc) is 2.83. The number of hydrogen-bond donors (Lipinski definition) is 2. The van der Waals surface area contributed by atoms with E-state index in [1.54, 1.807) is 0 Å². The van der Waals surface area contributed by atoms with Crippen molar-refractivity contribution in [2.75, 3.05) is 13.7 Å². The number of carbonyl (C=O) groups is 1. The van der Waals surface area contributed by atoms with Gasteiger partial charge in [-0.3, -0.25) is 0 Å². The first kappa shape index (κ1) is 17.3. The number of halogens is 1. The predicted octanol–water partition coefficient (Wildman–Crippen LogP) is 0.511. The van der Waals surface area contributed by atoms with Crippen molar-refractivity contribution in [1.82, 2.24) is 9.71 Å². The Morgan fingerprint density at radius 1 is 1.60 bits per heavy atom. The highest BCUT2D eigenvalue weighted by molar-refractivity contribution is 7.91. The van der Waals surface area contributed by atoms with Crippen molar-refractivity contribution in [3.8, 4) is 0 Å². The summed E-state index contributed by atoms with van der Waals surface area (Å²) in [5.74, 6) is -0.771. The molecule has 114 valence electrons. The first-order chi connectivity index (χ1) is 8.88. The number of nitrogens with zero attached hydrogens (tertiary/aromatic N) is 1. The van der Waals surface area contributed by atoms with Crippen molar-refractivity contribution in [2.45, 2.75) is 29.0 Å². The SMILES string of the molecule is COC(=O)c1ncsc1S(=O)(=O)NCC1(N)CCC1.Cl. The van der Waals surface area contributed by atoms with Gasteiger partial charge >= 0.3 is 5.97 Å². The molecule has 0 radical (unpaired) electrons. The van der Waals surface area contributed by atoms with Gasteiger partial charge in [0, 0.05) is 12.1 Å². The van der Waals surface area contributed by atoms with Crippen molar-refractivity contribution in [1.29, 1.82) is 0 Å². The van der Waals surface area contributed by atoms with Gasteiger partial charge in [-0.25, -0.2) is 22.9 Å². The number of ether oxygens (including phenoxy) is 1. The first-order valence-electron chi connectivity index (χ1n) is 5.68. The molecule has 0 aliphatic heterocycles. The van der Waals surface area contributed by atoms with Gasteiger partial charge in [0.15, 0.2) is 9.90 Å². The zero-order valence-corrected chi connectivity index (χ0v) is 13.2. The van der Waals surface area contributed by atoms with Gasteiger partial charge in [-0.1, -0.05) is 0 Å². The Hall–Kier alpha value is -0.740. The summed E-state index contributed by atoms with van der Waals surface area (Å²) in [7, 11) is -2.61. The largest absolute Gasteiger partial charge is 0.464 e. The van der Waals surface area contributed by atoms with Crippen LogP contribution in [0.15, 0.2) is 9.72 Å². The highest BCUT2D eigenvalue weighted by atomic mass is 35.5. The molecule has 20 heavy (non-hydrogen) atoms. The fraction of sp³-hybridized carbons (Fsp3) is 0.600. The molecule has 0 spiro atoms. The predicted molar refractivity (Wildman–Crippen MR) is 76.7 cm³/mol. The number of nitrogens with two attached hydrogens (primary N) is 1. The maximum atomic E-state index is 12.1. The van der Waals surface area contributed by atoms with E-state index in [1.807, 2.05) is 0 Å². The van der Waals surface area contributed by atoms with Gasteiger partial charge in [-0.2, -0.15) is 0 Å². The number of rotatable bonds is 5. The number of esters is 1. The third kappa shape index (κ3) is 3.47. The molecular weight excluding hydrogens is 326 g/mol. The van der Waals surface area contributed by atoms with E-state index in [0.29, 0.717) is 0 Å². The van der Waals surface area contributed by atoms with Crippen LogP contribution in [0.5, 0.6) is 0 Å². The Kier molecular flexibility index (Phi) is 5.50. The van der Waals surface area contributed by atoms with Gasteiger partial charge < -0.3 is 10.5 Å². The van der Waals surface area contributed by atoms with E-state index in [0.717, 1.165) is 30.6 Å². The topological polar surface area (TPSA) is 111 Å². The minimum absolute atomic E-state index is 0. The second kappa shape index (κ2) is 6.35. The van der Waals surface area contributed by atoms with E-state index in [1.165, 1.54) is 12.6 Å². The summed E-state index contributed by atoms with van der Waals surface area (Å²) >= 11 is 0.873. The lowest BCUT2D eigenvalue weighted by molar-refractivity contribution is 0.0590. The third-order valence-corrected chi connectivity index (χ3v) is 5.89. The molecule has 1 saturated carbocycles. The highest BCUT2D eigenvalue weighted by Crippen LogP contribution is 2.29. The molecule has 1 fully saturated rings. The van der Waals surface area contributed by atoms with Crippen LogP contribution in [0.4, 0.5) is 0 Å². The van der Waals surface area contributed by atoms with E-state index in [9.17, 15) is 13.2 Å². The zero-order valence-electron chi connectivity index (χ0n) is 10.8. The monoisotopic (exact) mass is 341 g/mol. The van der Waals surface area contributed by atoms with E-state index in [-0.39, 0.29) is 28.9 Å². The molecule has 0 amide bonds. The maximum absolute atomic E-state index is 12.1. The summed E-state index contributed by atoms with van der Waals surface area (Å²) in [6.45, 7) is 0.161. The number of hydrogen-bond acceptors (Lipinski definition) is 7. The van der Waals surface area contributed by atoms with E-state index < -0.39 is 21.5 Å². The molecule has 0 aromatic carbocycles. The van der Waals surface area contributed by atoms with Crippen molar-refractivity contribution < 1.29 is 17.9 Å². The second-order valence-electron chi connectivity index (χ2n) is 4.52. The Labute approximate surface area is 127 Å². The van der Waals surface area contributed by atoms with Crippen LogP contribution in [0.1, 0.15) is 29.8 Å². The van der Waals surface area contributed by atoms with Crippen molar-refractivity contribution in [2.24, 2.45) is 5.73 Å². The molecule has 0 saturated heterocycles. The number of carbonyl (C=O) groups excluding carboxylic acids is 1. The average molecular weight is 342 g/mol. The Bertz CT molecular complexity index is 583. The molecule has 1 aliphatic carbocycles. The molecule has 10 heteroatoms. The van der Waals surface area contributed by atoms with Crippen molar-refractivity contribution in [3.63, 3.8) is 0 Å². The standard InChI is InChI=1S/C10H15N3O4S2.ClH/c1-17-8(14)7-9(18-6-12-7)19(15,16)13-5-10(11)3-2-4-10;/h6,13H,2-5,11H2,1H3;1H. The lowest BCUT2D eigenvalue weighted by atomic mass is 9.78. The van der Waals surface area contributed by atoms with Crippen molar-refractivity contribution in [3.05, 3.63) is 11.2 Å². The fourth-order valence-electron chi connectivity index (χ4n) is 1.77. The van der Waals surface area contributed by atoms with E-state index >= 15 is 0 Å². The van der Waals surface area contributed by atoms with Gasteiger partial charge in [-0.05, 0) is 19.3 Å². The molecule has 1 aliphatic rings. The Balaban J connectivity index is 0.00000200. The van der Waals surface area contributed by atoms with Crippen LogP contribution in [0, 0.1) is 0 Å². The van der Waals surface area contributed by atoms with Gasteiger partial charge in [0.05, 0.1) is 12.6 Å². The van der Waals surface area contributed by atoms with Crippen LogP contribution in [-0.4, -0.2) is 38.6 Å². The lowest BCUT2D eigenvalue weighted by Gasteiger charge is -2.37. The van der Waals surface area contributed by atoms with Crippen LogP contribution in [0.25, 0.3) is 0 Å². The quantitative estimate of drug-likeness (QED) is 0.755. The molecule has 7 nitrogen and oxygen atoms in total. The number of methoxy groups -OCH3 is 1. The van der Waals surface area contributed by atoms with Crippen LogP contribution < -0.4 is 10.5 Å². The van der Waals surface area contributed by atoms with Crippen molar-refractivity contribution >= 4 is 39.7 Å². The van der Waals surface area contributed by atoms with E-state index in [2.05, 4.69) is 14.4 Å². The number of thiazole rings is 1. The van der Waals surface area contributed by atoms with Crippen LogP contribution in [-0.2, 0) is 14.8 Å². The van der Waals surface area contributed by atoms with Gasteiger partial charge in [-0.15, -0.1) is 23.7 Å². The molecular formula is C10H16ClN3O4S2. The molecule has 2 rings (SSSR count). The maximum Gasteiger partial charge on any atom is 0.358 e. The number of sulfonamides is 1. The summed E-state index contributed by atoms with van der Waals surface area (Å²) in [4.78, 5) is 15.1. The first-order valence-corrected chi connectivity index (χ1v) is 8.05. The summed E-state index contributed by atoms with van der Waals surface area (Å²) in [6, 6.07) is 0. The minimum atomic E-state index is -3.79. The zero-order chi connectivity index (χ0) is 14.1. The fourth-order valence-corrected chi connectivity index (χ4v) is 4.08. The summed E-state index contributed by atoms with van der Waals surface area (Å²) in [5, 5.41) is 0. The van der Waals surface area contributed by atoms with Gasteiger partial charge in [0.25, 0.3) is 10.0 Å². The molecule has 0 bridgehead atoms. The van der Waals surface area contributed by atoms with Crippen LogP contribution >= 0.6 is 23.7 Å². The molecule has 1 heterocycles. The van der Waals surface area contributed by atoms with Gasteiger partial charge in [0.1, 0.15) is 0 Å². The Morgan fingerprint density at radius 3 is 2.75 bits per heavy atom. The second-order valence-corrected chi connectivity index (χ2v) is 7.34. The Morgan fingerprint density at radius 2 is 2.25 bits per heavy atom. The number of nitrogens with one attached hydrogen (secondary N) is 1. The third-order valence-electron chi connectivity index (χ3n) is 3.12. The summed E-state index contributed by atoms with van der Waals surface area (Å²) in [6.07, 6.45) is 2.59.